The second-order valence-electron chi connectivity index (χ2n) is 6.76. The standard InChI is InChI=1S/C19H30N2O2/c1-16-13-17(20-9-5-3-6-10-20)14-18(19(16)23-15-22-2)21-11-7-4-8-12-21/h13-14H,3-12,15H2,1-2H3. The summed E-state index contributed by atoms with van der Waals surface area (Å²) in [5.74, 6) is 0.995. The maximum Gasteiger partial charge on any atom is 0.188 e. The third kappa shape index (κ3) is 3.92. The minimum absolute atomic E-state index is 0.310. The molecule has 23 heavy (non-hydrogen) atoms. The lowest BCUT2D eigenvalue weighted by Crippen LogP contribution is -2.32. The number of hydrogen-bond acceptors (Lipinski definition) is 4. The number of ether oxygens (including phenoxy) is 2. The van der Waals surface area contributed by atoms with Crippen LogP contribution in [0.1, 0.15) is 44.1 Å². The maximum absolute atomic E-state index is 5.93. The summed E-state index contributed by atoms with van der Waals surface area (Å²) < 4.78 is 11.1. The molecule has 128 valence electrons. The van der Waals surface area contributed by atoms with Crippen molar-refractivity contribution in [2.45, 2.75) is 45.4 Å². The highest BCUT2D eigenvalue weighted by Gasteiger charge is 2.20. The van der Waals surface area contributed by atoms with Crippen LogP contribution in [0.2, 0.25) is 0 Å². The van der Waals surface area contributed by atoms with Gasteiger partial charge in [-0.3, -0.25) is 0 Å². The zero-order valence-corrected chi connectivity index (χ0v) is 14.6. The summed E-state index contributed by atoms with van der Waals surface area (Å²) in [6, 6.07) is 4.62. The van der Waals surface area contributed by atoms with Gasteiger partial charge in [-0.05, 0) is 63.1 Å². The maximum atomic E-state index is 5.93. The average molecular weight is 318 g/mol. The lowest BCUT2D eigenvalue weighted by atomic mass is 10.1. The molecular weight excluding hydrogens is 288 g/mol. The molecule has 0 aliphatic carbocycles. The van der Waals surface area contributed by atoms with Crippen molar-refractivity contribution in [2.75, 3.05) is 49.9 Å². The Balaban J connectivity index is 1.91. The van der Waals surface area contributed by atoms with Crippen molar-refractivity contribution in [1.29, 1.82) is 0 Å². The van der Waals surface area contributed by atoms with E-state index in [1.807, 2.05) is 0 Å². The Labute approximate surface area is 140 Å². The van der Waals surface area contributed by atoms with Crippen molar-refractivity contribution >= 4 is 11.4 Å². The van der Waals surface area contributed by atoms with Crippen molar-refractivity contribution in [1.82, 2.24) is 0 Å². The van der Waals surface area contributed by atoms with Gasteiger partial charge in [-0.1, -0.05) is 0 Å². The van der Waals surface area contributed by atoms with E-state index in [1.54, 1.807) is 7.11 Å². The van der Waals surface area contributed by atoms with E-state index in [1.165, 1.54) is 68.6 Å². The second kappa shape index (κ2) is 7.91. The molecule has 3 rings (SSSR count). The van der Waals surface area contributed by atoms with E-state index >= 15 is 0 Å². The van der Waals surface area contributed by atoms with Crippen LogP contribution in [0.3, 0.4) is 0 Å². The van der Waals surface area contributed by atoms with Crippen LogP contribution in [0.4, 0.5) is 11.4 Å². The topological polar surface area (TPSA) is 24.9 Å². The normalized spacial score (nSPS) is 19.0. The molecule has 0 saturated carbocycles. The molecule has 0 radical (unpaired) electrons. The molecule has 0 unspecified atom stereocenters. The third-order valence-electron chi connectivity index (χ3n) is 4.98. The zero-order chi connectivity index (χ0) is 16.1. The molecule has 4 nitrogen and oxygen atoms in total. The van der Waals surface area contributed by atoms with Crippen molar-refractivity contribution in [3.63, 3.8) is 0 Å². The number of hydrogen-bond donors (Lipinski definition) is 0. The van der Waals surface area contributed by atoms with Gasteiger partial charge in [0.05, 0.1) is 5.69 Å². The van der Waals surface area contributed by atoms with E-state index in [0.29, 0.717) is 6.79 Å². The fourth-order valence-corrected chi connectivity index (χ4v) is 3.75. The average Bonchev–Trinajstić information content (AvgIpc) is 2.61. The molecule has 0 amide bonds. The number of methoxy groups -OCH3 is 1. The highest BCUT2D eigenvalue weighted by Crippen LogP contribution is 2.38. The number of aryl methyl sites for hydroxylation is 1. The smallest absolute Gasteiger partial charge is 0.188 e. The molecule has 2 saturated heterocycles. The van der Waals surface area contributed by atoms with Gasteiger partial charge >= 0.3 is 0 Å². The molecule has 2 heterocycles. The van der Waals surface area contributed by atoms with Gasteiger partial charge in [0.2, 0.25) is 0 Å². The summed E-state index contributed by atoms with van der Waals surface area (Å²) in [6.07, 6.45) is 7.87. The monoisotopic (exact) mass is 318 g/mol. The zero-order valence-electron chi connectivity index (χ0n) is 14.6. The molecule has 2 fully saturated rings. The number of piperidine rings is 2. The van der Waals surface area contributed by atoms with Gasteiger partial charge in [-0.15, -0.1) is 0 Å². The summed E-state index contributed by atoms with van der Waals surface area (Å²) in [7, 11) is 1.68. The lowest BCUT2D eigenvalue weighted by molar-refractivity contribution is 0.0509. The largest absolute Gasteiger partial charge is 0.465 e. The number of benzene rings is 1. The van der Waals surface area contributed by atoms with E-state index in [9.17, 15) is 0 Å². The third-order valence-corrected chi connectivity index (χ3v) is 4.98. The van der Waals surface area contributed by atoms with Gasteiger partial charge in [0.25, 0.3) is 0 Å². The van der Waals surface area contributed by atoms with Gasteiger partial charge in [0, 0.05) is 39.0 Å². The van der Waals surface area contributed by atoms with E-state index in [4.69, 9.17) is 9.47 Å². The number of nitrogens with zero attached hydrogens (tertiary/aromatic N) is 2. The highest BCUT2D eigenvalue weighted by molar-refractivity contribution is 5.70. The van der Waals surface area contributed by atoms with Crippen molar-refractivity contribution in [2.24, 2.45) is 0 Å². The summed E-state index contributed by atoms with van der Waals surface area (Å²) in [5.41, 5.74) is 3.82. The Morgan fingerprint density at radius 2 is 1.48 bits per heavy atom. The second-order valence-corrected chi connectivity index (χ2v) is 6.76. The van der Waals surface area contributed by atoms with Crippen LogP contribution >= 0.6 is 0 Å². The Morgan fingerprint density at radius 3 is 2.09 bits per heavy atom. The van der Waals surface area contributed by atoms with Crippen molar-refractivity contribution in [3.05, 3.63) is 17.7 Å². The van der Waals surface area contributed by atoms with Crippen LogP contribution in [-0.2, 0) is 4.74 Å². The molecule has 0 aromatic heterocycles. The fourth-order valence-electron chi connectivity index (χ4n) is 3.75. The van der Waals surface area contributed by atoms with E-state index in [0.717, 1.165) is 18.8 Å². The van der Waals surface area contributed by atoms with Crippen LogP contribution in [0.5, 0.6) is 5.75 Å². The molecule has 1 aromatic rings. The molecule has 0 atom stereocenters. The van der Waals surface area contributed by atoms with Gasteiger partial charge in [0.15, 0.2) is 6.79 Å². The minimum Gasteiger partial charge on any atom is -0.465 e. The molecule has 4 heteroatoms. The van der Waals surface area contributed by atoms with Crippen LogP contribution < -0.4 is 14.5 Å². The number of anilines is 2. The first-order chi connectivity index (χ1) is 11.3. The van der Waals surface area contributed by atoms with Crippen LogP contribution in [0.25, 0.3) is 0 Å². The van der Waals surface area contributed by atoms with E-state index in [-0.39, 0.29) is 0 Å². The first-order valence-electron chi connectivity index (χ1n) is 9.06. The first-order valence-corrected chi connectivity index (χ1v) is 9.06. The molecule has 0 N–H and O–H groups in total. The van der Waals surface area contributed by atoms with Crippen LogP contribution in [0, 0.1) is 6.92 Å². The summed E-state index contributed by atoms with van der Waals surface area (Å²) in [4.78, 5) is 5.03. The SMILES string of the molecule is COCOc1c(C)cc(N2CCCCC2)cc1N1CCCCC1. The number of rotatable bonds is 5. The summed E-state index contributed by atoms with van der Waals surface area (Å²) in [6.45, 7) is 7.09. The summed E-state index contributed by atoms with van der Waals surface area (Å²) in [5, 5.41) is 0. The molecular formula is C19H30N2O2. The predicted molar refractivity (Wildman–Crippen MR) is 95.8 cm³/mol. The van der Waals surface area contributed by atoms with Gasteiger partial charge in [-0.2, -0.15) is 0 Å². The van der Waals surface area contributed by atoms with E-state index in [2.05, 4.69) is 28.9 Å². The van der Waals surface area contributed by atoms with Crippen molar-refractivity contribution < 1.29 is 9.47 Å². The predicted octanol–water partition coefficient (Wildman–Crippen LogP) is 3.96. The molecule has 0 bridgehead atoms. The van der Waals surface area contributed by atoms with Gasteiger partial charge < -0.3 is 19.3 Å². The lowest BCUT2D eigenvalue weighted by Gasteiger charge is -2.34. The van der Waals surface area contributed by atoms with E-state index < -0.39 is 0 Å². The first kappa shape index (κ1) is 16.4. The Bertz CT molecular complexity index is 506. The molecule has 2 aliphatic rings. The Morgan fingerprint density at radius 1 is 0.870 bits per heavy atom. The van der Waals surface area contributed by atoms with Gasteiger partial charge in [0.1, 0.15) is 5.75 Å². The quantitative estimate of drug-likeness (QED) is 0.767. The summed E-state index contributed by atoms with van der Waals surface area (Å²) >= 11 is 0. The van der Waals surface area contributed by atoms with Crippen LogP contribution in [-0.4, -0.2) is 40.1 Å². The Hall–Kier alpha value is -1.42. The molecule has 0 spiro atoms. The van der Waals surface area contributed by atoms with Crippen molar-refractivity contribution in [3.8, 4) is 5.75 Å². The molecule has 2 aliphatic heterocycles. The molecule has 1 aromatic carbocycles. The van der Waals surface area contributed by atoms with Gasteiger partial charge in [-0.25, -0.2) is 0 Å². The highest BCUT2D eigenvalue weighted by atomic mass is 16.7. The Kier molecular flexibility index (Phi) is 5.65. The van der Waals surface area contributed by atoms with Crippen LogP contribution in [0.15, 0.2) is 12.1 Å². The minimum atomic E-state index is 0.310. The fraction of sp³-hybridized carbons (Fsp3) is 0.684.